The van der Waals surface area contributed by atoms with Crippen LogP contribution in [0.2, 0.25) is 0 Å². The zero-order chi connectivity index (χ0) is 31.9. The minimum absolute atomic E-state index is 0.0889. The first kappa shape index (κ1) is 32.2. The highest BCUT2D eigenvalue weighted by Gasteiger charge is 2.50. The monoisotopic (exact) mass is 728 g/mol. The Morgan fingerprint density at radius 3 is 2.53 bits per heavy atom. The summed E-state index contributed by atoms with van der Waals surface area (Å²) >= 11 is 2.27. The van der Waals surface area contributed by atoms with Crippen molar-refractivity contribution in [2.75, 3.05) is 19.8 Å². The van der Waals surface area contributed by atoms with Gasteiger partial charge in [-0.05, 0) is 100 Å². The molecule has 0 N–H and O–H groups in total. The quantitative estimate of drug-likeness (QED) is 0.111. The van der Waals surface area contributed by atoms with E-state index >= 15 is 0 Å². The molecule has 0 saturated carbocycles. The fourth-order valence-corrected chi connectivity index (χ4v) is 6.03. The van der Waals surface area contributed by atoms with Crippen LogP contribution in [0.3, 0.4) is 0 Å². The Balaban J connectivity index is 1.23. The highest BCUT2D eigenvalue weighted by molar-refractivity contribution is 14.1. The second kappa shape index (κ2) is 12.8. The minimum Gasteiger partial charge on any atom is -0.474 e. The molecule has 0 spiro atoms. The molecule has 1 atom stereocenters. The fraction of sp³-hybridized carbons (Fsp3) is 0.531. The van der Waals surface area contributed by atoms with Crippen molar-refractivity contribution >= 4 is 46.7 Å². The third-order valence-corrected chi connectivity index (χ3v) is 10.6. The number of ether oxygens (including phenoxy) is 3. The van der Waals surface area contributed by atoms with Gasteiger partial charge in [-0.2, -0.15) is 10.2 Å². The zero-order valence-electron chi connectivity index (χ0n) is 27.2. The number of nitrogens with zero attached hydrogens (tertiary/aromatic N) is 6. The molecular weight excluding hydrogens is 686 g/mol. The van der Waals surface area contributed by atoms with Crippen molar-refractivity contribution in [3.8, 4) is 17.0 Å². The van der Waals surface area contributed by atoms with Gasteiger partial charge in [-0.1, -0.05) is 12.0 Å². The van der Waals surface area contributed by atoms with E-state index in [9.17, 15) is 0 Å². The molecule has 1 unspecified atom stereocenters. The molecule has 0 radical (unpaired) electrons. The number of benzene rings is 1. The molecule has 2 aliphatic rings. The maximum atomic E-state index is 6.22. The van der Waals surface area contributed by atoms with Crippen LogP contribution in [0.1, 0.15) is 70.1 Å². The maximum Gasteiger partial charge on any atom is 0.487 e. The average molecular weight is 728 g/mol. The van der Waals surface area contributed by atoms with E-state index in [1.165, 1.54) is 0 Å². The largest absolute Gasteiger partial charge is 0.487 e. The third-order valence-electron chi connectivity index (χ3n) is 9.08. The molecule has 0 bridgehead atoms. The summed E-state index contributed by atoms with van der Waals surface area (Å²) in [4.78, 5) is 0. The van der Waals surface area contributed by atoms with Crippen molar-refractivity contribution in [1.29, 1.82) is 0 Å². The predicted molar refractivity (Wildman–Crippen MR) is 182 cm³/mol. The summed E-state index contributed by atoms with van der Waals surface area (Å²) in [5.41, 5.74) is 5.12. The first-order chi connectivity index (χ1) is 21.4. The highest BCUT2D eigenvalue weighted by atomic mass is 127. The van der Waals surface area contributed by atoms with E-state index in [2.05, 4.69) is 78.7 Å². The molecule has 240 valence electrons. The highest BCUT2D eigenvalue weighted by Crippen LogP contribution is 2.38. The molecule has 6 rings (SSSR count). The average Bonchev–Trinajstić information content (AvgIpc) is 3.69. The fourth-order valence-electron chi connectivity index (χ4n) is 5.69. The summed E-state index contributed by atoms with van der Waals surface area (Å²) < 4.78 is 37.3. The molecule has 4 aromatic rings. The summed E-state index contributed by atoms with van der Waals surface area (Å²) in [6.07, 6.45) is 6.94. The third kappa shape index (κ3) is 6.46. The van der Waals surface area contributed by atoms with Crippen molar-refractivity contribution in [2.45, 2.75) is 77.9 Å². The Morgan fingerprint density at radius 1 is 1.07 bits per heavy atom. The van der Waals surface area contributed by atoms with Crippen molar-refractivity contribution in [3.05, 3.63) is 51.0 Å². The van der Waals surface area contributed by atoms with Crippen LogP contribution in [0.15, 0.2) is 30.4 Å². The molecular formula is C32H42BIN6O5. The molecule has 5 heterocycles. The van der Waals surface area contributed by atoms with Gasteiger partial charge >= 0.3 is 7.12 Å². The Kier molecular flexibility index (Phi) is 9.19. The minimum atomic E-state index is -0.458. The number of hydrogen-bond acceptors (Lipinski definition) is 8. The van der Waals surface area contributed by atoms with Crippen molar-refractivity contribution < 1.29 is 23.5 Å². The smallest absolute Gasteiger partial charge is 0.474 e. The van der Waals surface area contributed by atoms with E-state index < -0.39 is 18.3 Å². The van der Waals surface area contributed by atoms with Crippen molar-refractivity contribution in [3.63, 3.8) is 0 Å². The van der Waals surface area contributed by atoms with Crippen molar-refractivity contribution in [2.24, 2.45) is 14.1 Å². The maximum absolute atomic E-state index is 6.22. The van der Waals surface area contributed by atoms with Gasteiger partial charge in [-0.3, -0.25) is 9.36 Å². The SMILES string of the molecule is Cc1c(OCCOCc2c(-c3ccc4c(c3)c(/C=C/B3OC(C)(C)C(C)(C)O3)nn4C3CCCCO3)cnn2C)nn(C)c1I. The zero-order valence-corrected chi connectivity index (χ0v) is 29.3. The molecule has 13 heteroatoms. The summed E-state index contributed by atoms with van der Waals surface area (Å²) in [5.74, 6) is 2.60. The first-order valence-electron chi connectivity index (χ1n) is 15.5. The van der Waals surface area contributed by atoms with Crippen LogP contribution in [0.25, 0.3) is 28.1 Å². The van der Waals surface area contributed by atoms with Gasteiger partial charge < -0.3 is 23.5 Å². The van der Waals surface area contributed by atoms with Gasteiger partial charge in [0.1, 0.15) is 10.3 Å². The van der Waals surface area contributed by atoms with Crippen LogP contribution in [0, 0.1) is 10.6 Å². The van der Waals surface area contributed by atoms with Crippen LogP contribution in [-0.4, -0.2) is 67.5 Å². The topological polar surface area (TPSA) is 99.6 Å². The summed E-state index contributed by atoms with van der Waals surface area (Å²) in [6.45, 7) is 12.2. The second-order valence-corrected chi connectivity index (χ2v) is 13.8. The van der Waals surface area contributed by atoms with Crippen LogP contribution in [-0.2, 0) is 39.5 Å². The standard InChI is InChI=1S/C32H42BIN6O5/c1-21-29(34)39(7)37-30(21)43-17-16-41-20-27-24(19-35-38(27)6)22-11-12-26-23(18-22)25(36-40(26)28-10-8-9-15-42-28)13-14-33-44-31(2,3)32(4,5)45-33/h11-14,18-19,28H,8-10,15-17,20H2,1-7H3/b14-13+. The Hall–Kier alpha value is -2.72. The van der Waals surface area contributed by atoms with E-state index in [0.717, 1.165) is 68.6 Å². The number of fused-ring (bicyclic) bond motifs is 1. The normalized spacial score (nSPS) is 19.7. The molecule has 45 heavy (non-hydrogen) atoms. The molecule has 3 aromatic heterocycles. The summed E-state index contributed by atoms with van der Waals surface area (Å²) in [5, 5.41) is 15.1. The van der Waals surface area contributed by atoms with Crippen LogP contribution >= 0.6 is 22.6 Å². The Morgan fingerprint density at radius 2 is 1.84 bits per heavy atom. The van der Waals surface area contributed by atoms with Gasteiger partial charge in [0, 0.05) is 37.2 Å². The summed E-state index contributed by atoms with van der Waals surface area (Å²) in [6, 6.07) is 6.44. The molecule has 11 nitrogen and oxygen atoms in total. The van der Waals surface area contributed by atoms with Crippen LogP contribution < -0.4 is 4.74 Å². The number of aromatic nitrogens is 6. The predicted octanol–water partition coefficient (Wildman–Crippen LogP) is 6.02. The lowest BCUT2D eigenvalue weighted by Crippen LogP contribution is -2.41. The lowest BCUT2D eigenvalue weighted by atomic mass is 9.89. The lowest BCUT2D eigenvalue weighted by molar-refractivity contribution is -0.0367. The molecule has 2 fully saturated rings. The number of halogens is 1. The van der Waals surface area contributed by atoms with E-state index in [4.69, 9.17) is 28.6 Å². The number of hydrogen-bond donors (Lipinski definition) is 0. The van der Waals surface area contributed by atoms with Crippen LogP contribution in [0.4, 0.5) is 0 Å². The van der Waals surface area contributed by atoms with Gasteiger partial charge in [0.25, 0.3) is 0 Å². The molecule has 2 saturated heterocycles. The second-order valence-electron chi connectivity index (χ2n) is 12.7. The van der Waals surface area contributed by atoms with Gasteiger partial charge in [0.15, 0.2) is 6.23 Å². The van der Waals surface area contributed by atoms with Gasteiger partial charge in [0.2, 0.25) is 5.88 Å². The Labute approximate surface area is 278 Å². The van der Waals surface area contributed by atoms with Gasteiger partial charge in [-0.15, -0.1) is 5.10 Å². The van der Waals surface area contributed by atoms with Gasteiger partial charge in [0.05, 0.1) is 47.5 Å². The first-order valence-corrected chi connectivity index (χ1v) is 16.6. The van der Waals surface area contributed by atoms with Gasteiger partial charge in [-0.25, -0.2) is 4.68 Å². The van der Waals surface area contributed by atoms with E-state index in [1.54, 1.807) is 0 Å². The lowest BCUT2D eigenvalue weighted by Gasteiger charge is -2.32. The van der Waals surface area contributed by atoms with Crippen molar-refractivity contribution in [1.82, 2.24) is 29.3 Å². The molecule has 0 aliphatic carbocycles. The summed E-state index contributed by atoms with van der Waals surface area (Å²) in [7, 11) is 3.39. The number of rotatable bonds is 10. The molecule has 1 aromatic carbocycles. The van der Waals surface area contributed by atoms with E-state index in [1.807, 2.05) is 53.3 Å². The molecule has 2 aliphatic heterocycles. The Bertz CT molecular complexity index is 1690. The number of aryl methyl sites for hydroxylation is 2. The molecule has 0 amide bonds. The van der Waals surface area contributed by atoms with Crippen LogP contribution in [0.5, 0.6) is 5.88 Å². The van der Waals surface area contributed by atoms with E-state index in [-0.39, 0.29) is 6.23 Å². The van der Waals surface area contributed by atoms with E-state index in [0.29, 0.717) is 25.7 Å².